The topological polar surface area (TPSA) is 73.0 Å². The van der Waals surface area contributed by atoms with Gasteiger partial charge in [0.2, 0.25) is 10.0 Å². The van der Waals surface area contributed by atoms with Crippen molar-refractivity contribution in [3.63, 3.8) is 0 Å². The van der Waals surface area contributed by atoms with Crippen molar-refractivity contribution in [1.82, 2.24) is 23.4 Å². The molecule has 7 nitrogen and oxygen atoms in total. The largest absolute Gasteiger partial charge is 0.328 e. The van der Waals surface area contributed by atoms with Gasteiger partial charge in [-0.1, -0.05) is 23.9 Å². The molecule has 0 bridgehead atoms. The molecule has 0 aliphatic heterocycles. The molecule has 158 valence electrons. The SMILES string of the molecule is CCn1c(CSc2nc3ccccc3n2CC)nc2cc(S(=O)(=O)N(C)C)ccc21. The van der Waals surface area contributed by atoms with Crippen LogP contribution in [0.4, 0.5) is 0 Å². The summed E-state index contributed by atoms with van der Waals surface area (Å²) >= 11 is 1.65. The van der Waals surface area contributed by atoms with Crippen LogP contribution in [0, 0.1) is 0 Å². The Morgan fingerprint density at radius 1 is 0.933 bits per heavy atom. The average Bonchev–Trinajstić information content (AvgIpc) is 3.28. The van der Waals surface area contributed by atoms with E-state index >= 15 is 0 Å². The van der Waals surface area contributed by atoms with Gasteiger partial charge in [-0.05, 0) is 44.2 Å². The van der Waals surface area contributed by atoms with Crippen LogP contribution in [-0.2, 0) is 28.9 Å². The Bertz CT molecular complexity index is 1320. The number of fused-ring (bicyclic) bond motifs is 2. The zero-order chi connectivity index (χ0) is 21.5. The first-order chi connectivity index (χ1) is 14.4. The van der Waals surface area contributed by atoms with Crippen LogP contribution in [-0.4, -0.2) is 45.9 Å². The summed E-state index contributed by atoms with van der Waals surface area (Å²) < 4.78 is 30.5. The Kier molecular flexibility index (Phi) is 5.61. The number of thioether (sulfide) groups is 1. The van der Waals surface area contributed by atoms with E-state index in [0.717, 1.165) is 40.6 Å². The number of benzene rings is 2. The maximum absolute atomic E-state index is 12.5. The molecule has 0 saturated carbocycles. The van der Waals surface area contributed by atoms with Gasteiger partial charge in [-0.2, -0.15) is 0 Å². The van der Waals surface area contributed by atoms with Crippen LogP contribution in [0.15, 0.2) is 52.5 Å². The minimum Gasteiger partial charge on any atom is -0.328 e. The summed E-state index contributed by atoms with van der Waals surface area (Å²) in [5.41, 5.74) is 3.75. The maximum Gasteiger partial charge on any atom is 0.242 e. The first-order valence-corrected chi connectivity index (χ1v) is 12.3. The van der Waals surface area contributed by atoms with Gasteiger partial charge in [-0.3, -0.25) is 0 Å². The van der Waals surface area contributed by atoms with E-state index in [2.05, 4.69) is 29.0 Å². The minimum absolute atomic E-state index is 0.257. The van der Waals surface area contributed by atoms with E-state index in [0.29, 0.717) is 11.3 Å². The number of sulfonamides is 1. The Morgan fingerprint density at radius 3 is 2.33 bits per heavy atom. The summed E-state index contributed by atoms with van der Waals surface area (Å²) in [6.07, 6.45) is 0. The highest BCUT2D eigenvalue weighted by molar-refractivity contribution is 7.98. The fourth-order valence-electron chi connectivity index (χ4n) is 3.59. The zero-order valence-electron chi connectivity index (χ0n) is 17.5. The van der Waals surface area contributed by atoms with Crippen LogP contribution in [0.3, 0.4) is 0 Å². The van der Waals surface area contributed by atoms with E-state index in [9.17, 15) is 8.42 Å². The van der Waals surface area contributed by atoms with Gasteiger partial charge in [0.25, 0.3) is 0 Å². The molecule has 2 aromatic heterocycles. The average molecular weight is 444 g/mol. The molecule has 0 aliphatic carbocycles. The van der Waals surface area contributed by atoms with Crippen molar-refractivity contribution in [2.45, 2.75) is 42.7 Å². The molecule has 2 aromatic carbocycles. The van der Waals surface area contributed by atoms with Gasteiger partial charge in [0.1, 0.15) is 5.82 Å². The first kappa shape index (κ1) is 20.9. The Morgan fingerprint density at radius 2 is 1.63 bits per heavy atom. The van der Waals surface area contributed by atoms with Gasteiger partial charge < -0.3 is 9.13 Å². The van der Waals surface area contributed by atoms with Crippen LogP contribution in [0.5, 0.6) is 0 Å². The van der Waals surface area contributed by atoms with Crippen LogP contribution >= 0.6 is 11.8 Å². The number of para-hydroxylation sites is 2. The molecule has 0 unspecified atom stereocenters. The van der Waals surface area contributed by atoms with Crippen molar-refractivity contribution >= 4 is 43.9 Å². The normalized spacial score (nSPS) is 12.4. The molecular weight excluding hydrogens is 418 g/mol. The highest BCUT2D eigenvalue weighted by Gasteiger charge is 2.20. The third-order valence-electron chi connectivity index (χ3n) is 5.16. The molecule has 4 rings (SSSR count). The van der Waals surface area contributed by atoms with E-state index in [1.54, 1.807) is 23.9 Å². The van der Waals surface area contributed by atoms with Crippen molar-refractivity contribution in [3.8, 4) is 0 Å². The van der Waals surface area contributed by atoms with Gasteiger partial charge in [-0.25, -0.2) is 22.7 Å². The van der Waals surface area contributed by atoms with E-state index in [4.69, 9.17) is 9.97 Å². The van der Waals surface area contributed by atoms with Crippen LogP contribution in [0.25, 0.3) is 22.1 Å². The predicted octanol–water partition coefficient (Wildman–Crippen LogP) is 3.97. The van der Waals surface area contributed by atoms with Crippen LogP contribution < -0.4 is 0 Å². The molecule has 9 heteroatoms. The predicted molar refractivity (Wildman–Crippen MR) is 121 cm³/mol. The molecule has 0 atom stereocenters. The summed E-state index contributed by atoms with van der Waals surface area (Å²) in [6, 6.07) is 13.3. The Labute approximate surface area is 180 Å². The number of aromatic nitrogens is 4. The van der Waals surface area contributed by atoms with Crippen molar-refractivity contribution in [2.75, 3.05) is 14.1 Å². The maximum atomic E-state index is 12.5. The quantitative estimate of drug-likeness (QED) is 0.404. The Balaban J connectivity index is 1.69. The lowest BCUT2D eigenvalue weighted by atomic mass is 10.3. The lowest BCUT2D eigenvalue weighted by molar-refractivity contribution is 0.521. The van der Waals surface area contributed by atoms with Gasteiger partial charge in [-0.15, -0.1) is 0 Å². The highest BCUT2D eigenvalue weighted by atomic mass is 32.2. The first-order valence-electron chi connectivity index (χ1n) is 9.86. The van der Waals surface area contributed by atoms with Gasteiger partial charge in [0.15, 0.2) is 5.16 Å². The second-order valence-corrected chi connectivity index (χ2v) is 10.2. The molecule has 0 fully saturated rings. The number of imidazole rings is 2. The second-order valence-electron chi connectivity index (χ2n) is 7.13. The third-order valence-corrected chi connectivity index (χ3v) is 7.94. The lowest BCUT2D eigenvalue weighted by Gasteiger charge is -2.11. The number of hydrogen-bond acceptors (Lipinski definition) is 5. The molecule has 4 aromatic rings. The fourth-order valence-corrected chi connectivity index (χ4v) is 5.54. The summed E-state index contributed by atoms with van der Waals surface area (Å²) in [7, 11) is -0.425. The van der Waals surface area contributed by atoms with Gasteiger partial charge in [0, 0.05) is 27.2 Å². The van der Waals surface area contributed by atoms with Gasteiger partial charge >= 0.3 is 0 Å². The molecule has 0 saturated heterocycles. The Hall–Kier alpha value is -2.36. The molecule has 30 heavy (non-hydrogen) atoms. The second kappa shape index (κ2) is 8.05. The third kappa shape index (κ3) is 3.51. The van der Waals surface area contributed by atoms with E-state index in [1.807, 2.05) is 24.3 Å². The van der Waals surface area contributed by atoms with E-state index in [1.165, 1.54) is 18.4 Å². The molecule has 0 radical (unpaired) electrons. The highest BCUT2D eigenvalue weighted by Crippen LogP contribution is 2.29. The standard InChI is InChI=1S/C21H25N5O2S2/c1-5-25-19-12-11-15(30(27,28)24(3)4)13-17(19)22-20(25)14-29-21-23-16-9-7-8-10-18(16)26(21)6-2/h7-13H,5-6,14H2,1-4H3. The number of hydrogen-bond donors (Lipinski definition) is 0. The van der Waals surface area contributed by atoms with E-state index in [-0.39, 0.29) is 4.90 Å². The summed E-state index contributed by atoms with van der Waals surface area (Å²) in [4.78, 5) is 9.80. The van der Waals surface area contributed by atoms with Crippen molar-refractivity contribution < 1.29 is 8.42 Å². The van der Waals surface area contributed by atoms with Crippen LogP contribution in [0.2, 0.25) is 0 Å². The number of aryl methyl sites for hydroxylation is 2. The van der Waals surface area contributed by atoms with Crippen molar-refractivity contribution in [2.24, 2.45) is 0 Å². The minimum atomic E-state index is -3.49. The lowest BCUT2D eigenvalue weighted by Crippen LogP contribution is -2.22. The van der Waals surface area contributed by atoms with Crippen molar-refractivity contribution in [3.05, 3.63) is 48.3 Å². The molecule has 0 aliphatic rings. The fraction of sp³-hybridized carbons (Fsp3) is 0.333. The van der Waals surface area contributed by atoms with E-state index < -0.39 is 10.0 Å². The molecule has 0 amide bonds. The van der Waals surface area contributed by atoms with Crippen molar-refractivity contribution in [1.29, 1.82) is 0 Å². The van der Waals surface area contributed by atoms with Gasteiger partial charge in [0.05, 0.1) is 32.7 Å². The molecule has 2 heterocycles. The summed E-state index contributed by atoms with van der Waals surface area (Å²) in [5.74, 6) is 1.56. The monoisotopic (exact) mass is 443 g/mol. The molecule has 0 spiro atoms. The summed E-state index contributed by atoms with van der Waals surface area (Å²) in [6.45, 7) is 5.79. The molecular formula is C21H25N5O2S2. The number of rotatable bonds is 7. The molecule has 0 N–H and O–H groups in total. The van der Waals surface area contributed by atoms with Crippen LogP contribution in [0.1, 0.15) is 19.7 Å². The summed E-state index contributed by atoms with van der Waals surface area (Å²) in [5, 5.41) is 0.962. The zero-order valence-corrected chi connectivity index (χ0v) is 19.2. The number of nitrogens with zero attached hydrogens (tertiary/aromatic N) is 5. The smallest absolute Gasteiger partial charge is 0.242 e.